The zero-order chi connectivity index (χ0) is 21.2. The molecular formula is C24H32N4O2S. The fourth-order valence-electron chi connectivity index (χ4n) is 5.56. The Kier molecular flexibility index (Phi) is 6.23. The average molecular weight is 441 g/mol. The first-order valence-electron chi connectivity index (χ1n) is 11.9. The lowest BCUT2D eigenvalue weighted by Crippen LogP contribution is -2.42. The Balaban J connectivity index is 1.34. The van der Waals surface area contributed by atoms with Gasteiger partial charge in [-0.05, 0) is 49.5 Å². The quantitative estimate of drug-likeness (QED) is 0.776. The summed E-state index contributed by atoms with van der Waals surface area (Å²) >= 11 is 1.54. The van der Waals surface area contributed by atoms with Crippen LogP contribution < -0.4 is 5.56 Å². The topological polar surface area (TPSA) is 69.3 Å². The van der Waals surface area contributed by atoms with Crippen molar-refractivity contribution in [1.29, 1.82) is 0 Å². The summed E-state index contributed by atoms with van der Waals surface area (Å²) in [6, 6.07) is 1.74. The Morgan fingerprint density at radius 1 is 1.13 bits per heavy atom. The number of aromatic amines is 1. The van der Waals surface area contributed by atoms with Gasteiger partial charge in [-0.25, -0.2) is 4.98 Å². The maximum atomic E-state index is 13.1. The molecule has 1 saturated carbocycles. The van der Waals surface area contributed by atoms with E-state index in [0.29, 0.717) is 12.4 Å². The van der Waals surface area contributed by atoms with E-state index in [1.165, 1.54) is 43.4 Å². The molecule has 1 aliphatic carbocycles. The molecule has 0 bridgehead atoms. The lowest BCUT2D eigenvalue weighted by atomic mass is 9.88. The van der Waals surface area contributed by atoms with Gasteiger partial charge in [-0.15, -0.1) is 0 Å². The second-order valence-electron chi connectivity index (χ2n) is 9.39. The number of nitrogens with zero attached hydrogens (tertiary/aromatic N) is 3. The number of hydrogen-bond donors (Lipinski definition) is 1. The number of rotatable bonds is 4. The van der Waals surface area contributed by atoms with E-state index in [1.807, 2.05) is 21.7 Å². The SMILES string of the molecule is O=C(c1ccsc1)N1CCCC[C@H]1c1nc2c(c(=O)[nH]1)CN(CC1CCCCC1)CC2. The van der Waals surface area contributed by atoms with Gasteiger partial charge in [0.25, 0.3) is 11.5 Å². The van der Waals surface area contributed by atoms with Crippen molar-refractivity contribution < 1.29 is 4.79 Å². The third-order valence-corrected chi connectivity index (χ3v) is 7.94. The molecule has 0 unspecified atom stereocenters. The van der Waals surface area contributed by atoms with Crippen LogP contribution >= 0.6 is 11.3 Å². The van der Waals surface area contributed by atoms with Crippen LogP contribution in [0.25, 0.3) is 0 Å². The van der Waals surface area contributed by atoms with Gasteiger partial charge in [0.15, 0.2) is 0 Å². The summed E-state index contributed by atoms with van der Waals surface area (Å²) in [6.07, 6.45) is 10.4. The molecular weight excluding hydrogens is 408 g/mol. The van der Waals surface area contributed by atoms with E-state index < -0.39 is 0 Å². The first-order chi connectivity index (χ1) is 15.2. The fraction of sp³-hybridized carbons (Fsp3) is 0.625. The van der Waals surface area contributed by atoms with Crippen LogP contribution in [0.3, 0.4) is 0 Å². The number of likely N-dealkylation sites (tertiary alicyclic amines) is 1. The van der Waals surface area contributed by atoms with Crippen LogP contribution in [0.2, 0.25) is 0 Å². The largest absolute Gasteiger partial charge is 0.328 e. The average Bonchev–Trinajstić information content (AvgIpc) is 3.35. The van der Waals surface area contributed by atoms with Gasteiger partial charge in [0.1, 0.15) is 5.82 Å². The molecule has 2 aromatic heterocycles. The molecule has 2 aliphatic heterocycles. The number of H-pyrrole nitrogens is 1. The highest BCUT2D eigenvalue weighted by Gasteiger charge is 2.32. The number of amides is 1. The van der Waals surface area contributed by atoms with Gasteiger partial charge in [0.05, 0.1) is 22.9 Å². The molecule has 31 heavy (non-hydrogen) atoms. The summed E-state index contributed by atoms with van der Waals surface area (Å²) in [5.41, 5.74) is 2.49. The molecule has 1 atom stereocenters. The van der Waals surface area contributed by atoms with Crippen molar-refractivity contribution in [2.75, 3.05) is 19.6 Å². The van der Waals surface area contributed by atoms with E-state index in [0.717, 1.165) is 68.1 Å². The Morgan fingerprint density at radius 2 is 1.97 bits per heavy atom. The summed E-state index contributed by atoms with van der Waals surface area (Å²) in [7, 11) is 0. The van der Waals surface area contributed by atoms with Crippen molar-refractivity contribution in [3.8, 4) is 0 Å². The van der Waals surface area contributed by atoms with E-state index >= 15 is 0 Å². The molecule has 6 nitrogen and oxygen atoms in total. The molecule has 1 saturated heterocycles. The summed E-state index contributed by atoms with van der Waals surface area (Å²) < 4.78 is 0. The van der Waals surface area contributed by atoms with Crippen molar-refractivity contribution in [3.63, 3.8) is 0 Å². The van der Waals surface area contributed by atoms with Crippen molar-refractivity contribution in [2.45, 2.75) is 70.4 Å². The molecule has 4 heterocycles. The van der Waals surface area contributed by atoms with Gasteiger partial charge in [-0.3, -0.25) is 14.5 Å². The van der Waals surface area contributed by atoms with Crippen molar-refractivity contribution in [1.82, 2.24) is 19.8 Å². The minimum Gasteiger partial charge on any atom is -0.328 e. The van der Waals surface area contributed by atoms with Crippen LogP contribution in [-0.2, 0) is 13.0 Å². The molecule has 1 N–H and O–H groups in total. The molecule has 1 amide bonds. The van der Waals surface area contributed by atoms with Gasteiger partial charge in [-0.1, -0.05) is 19.3 Å². The molecule has 2 fully saturated rings. The number of fused-ring (bicyclic) bond motifs is 1. The molecule has 0 radical (unpaired) electrons. The summed E-state index contributed by atoms with van der Waals surface area (Å²) in [6.45, 7) is 3.50. The minimum absolute atomic E-state index is 0.0122. The van der Waals surface area contributed by atoms with Gasteiger partial charge in [0.2, 0.25) is 0 Å². The molecule has 2 aromatic rings. The van der Waals surface area contributed by atoms with Gasteiger partial charge < -0.3 is 9.88 Å². The minimum atomic E-state index is -0.139. The Morgan fingerprint density at radius 3 is 2.77 bits per heavy atom. The van der Waals surface area contributed by atoms with Crippen LogP contribution in [0.5, 0.6) is 0 Å². The fourth-order valence-corrected chi connectivity index (χ4v) is 6.19. The maximum Gasteiger partial charge on any atom is 0.255 e. The Labute approximate surface area is 187 Å². The van der Waals surface area contributed by atoms with E-state index in [2.05, 4.69) is 9.88 Å². The third kappa shape index (κ3) is 4.48. The van der Waals surface area contributed by atoms with E-state index in [4.69, 9.17) is 4.98 Å². The van der Waals surface area contributed by atoms with Crippen LogP contribution in [0, 0.1) is 5.92 Å². The Bertz CT molecular complexity index is 964. The summed E-state index contributed by atoms with van der Waals surface area (Å²) in [5.74, 6) is 1.50. The van der Waals surface area contributed by atoms with Crippen LogP contribution in [0.1, 0.15) is 84.8 Å². The van der Waals surface area contributed by atoms with Gasteiger partial charge in [0, 0.05) is 38.0 Å². The number of carbonyl (C=O) groups is 1. The standard InChI is InChI=1S/C24H32N4O2S/c29-23-19-15-27(14-17-6-2-1-3-7-17)12-9-20(19)25-22(26-23)21-8-4-5-11-28(21)24(30)18-10-13-31-16-18/h10,13,16-17,21H,1-9,11-12,14-15H2,(H,25,26,29)/t21-/m0/s1. The number of carbonyl (C=O) groups excluding carboxylic acids is 1. The van der Waals surface area contributed by atoms with E-state index in [1.54, 1.807) is 0 Å². The lowest BCUT2D eigenvalue weighted by Gasteiger charge is -2.36. The first-order valence-corrected chi connectivity index (χ1v) is 12.8. The lowest BCUT2D eigenvalue weighted by molar-refractivity contribution is 0.0599. The molecule has 166 valence electrons. The smallest absolute Gasteiger partial charge is 0.255 e. The number of nitrogens with one attached hydrogen (secondary N) is 1. The summed E-state index contributed by atoms with van der Waals surface area (Å²) in [5, 5.41) is 3.84. The normalized spacial score (nSPS) is 23.0. The highest BCUT2D eigenvalue weighted by molar-refractivity contribution is 7.08. The van der Waals surface area contributed by atoms with Crippen molar-refractivity contribution >= 4 is 17.2 Å². The number of hydrogen-bond acceptors (Lipinski definition) is 5. The van der Waals surface area contributed by atoms with E-state index in [-0.39, 0.29) is 17.5 Å². The second-order valence-corrected chi connectivity index (χ2v) is 10.2. The van der Waals surface area contributed by atoms with Gasteiger partial charge in [-0.2, -0.15) is 11.3 Å². The van der Waals surface area contributed by atoms with Gasteiger partial charge >= 0.3 is 0 Å². The van der Waals surface area contributed by atoms with Crippen LogP contribution in [-0.4, -0.2) is 45.3 Å². The number of aromatic nitrogens is 2. The molecule has 7 heteroatoms. The molecule has 0 aromatic carbocycles. The number of thiophene rings is 1. The molecule has 3 aliphatic rings. The van der Waals surface area contributed by atoms with Crippen molar-refractivity contribution in [3.05, 3.63) is 49.8 Å². The van der Waals surface area contributed by atoms with Crippen LogP contribution in [0.15, 0.2) is 21.6 Å². The predicted molar refractivity (Wildman–Crippen MR) is 122 cm³/mol. The zero-order valence-corrected chi connectivity index (χ0v) is 19.0. The summed E-state index contributed by atoms with van der Waals surface area (Å²) in [4.78, 5) is 38.5. The zero-order valence-electron chi connectivity index (χ0n) is 18.1. The highest BCUT2D eigenvalue weighted by Crippen LogP contribution is 2.31. The maximum absolute atomic E-state index is 13.1. The van der Waals surface area contributed by atoms with Crippen molar-refractivity contribution in [2.24, 2.45) is 5.92 Å². The Hall–Kier alpha value is -1.99. The number of piperidine rings is 1. The highest BCUT2D eigenvalue weighted by atomic mass is 32.1. The molecule has 5 rings (SSSR count). The van der Waals surface area contributed by atoms with E-state index in [9.17, 15) is 9.59 Å². The third-order valence-electron chi connectivity index (χ3n) is 7.25. The monoisotopic (exact) mass is 440 g/mol. The predicted octanol–water partition coefficient (Wildman–Crippen LogP) is 4.14. The molecule has 0 spiro atoms. The van der Waals surface area contributed by atoms with Crippen LogP contribution in [0.4, 0.5) is 0 Å². The second kappa shape index (κ2) is 9.25. The first kappa shape index (κ1) is 20.9.